The van der Waals surface area contributed by atoms with Gasteiger partial charge in [-0.2, -0.15) is 0 Å². The van der Waals surface area contributed by atoms with Crippen molar-refractivity contribution < 1.29 is 0 Å². The number of aromatic nitrogens is 3. The lowest BCUT2D eigenvalue weighted by Crippen LogP contribution is -2.44. The second-order valence-corrected chi connectivity index (χ2v) is 4.89. The minimum atomic E-state index is 0.319. The molecule has 0 saturated carbocycles. The van der Waals surface area contributed by atoms with E-state index in [0.29, 0.717) is 6.04 Å². The Morgan fingerprint density at radius 2 is 1.89 bits per heavy atom. The highest BCUT2D eigenvalue weighted by molar-refractivity contribution is 5.30. The van der Waals surface area contributed by atoms with Crippen molar-refractivity contribution in [2.24, 2.45) is 0 Å². The van der Waals surface area contributed by atoms with E-state index in [-0.39, 0.29) is 0 Å². The van der Waals surface area contributed by atoms with Gasteiger partial charge in [0.2, 0.25) is 0 Å². The fourth-order valence-corrected chi connectivity index (χ4v) is 2.43. The molecule has 0 aliphatic carbocycles. The average Bonchev–Trinajstić information content (AvgIpc) is 2.98. The van der Waals surface area contributed by atoms with Gasteiger partial charge < -0.3 is 5.32 Å². The summed E-state index contributed by atoms with van der Waals surface area (Å²) in [4.78, 5) is 2.44. The van der Waals surface area contributed by atoms with Crippen LogP contribution in [0, 0.1) is 0 Å². The van der Waals surface area contributed by atoms with E-state index >= 15 is 0 Å². The van der Waals surface area contributed by atoms with Crippen LogP contribution in [0.15, 0.2) is 36.5 Å². The summed E-state index contributed by atoms with van der Waals surface area (Å²) in [5.41, 5.74) is 2.08. The number of hydrogen-bond acceptors (Lipinski definition) is 4. The Morgan fingerprint density at radius 1 is 1.16 bits per heavy atom. The standard InChI is InChI=1S/C14H19N5/c1-12(18-9-7-15-8-10-18)14-11-19(17-16-14)13-5-3-2-4-6-13/h2-6,11-12,15H,7-10H2,1H3. The highest BCUT2D eigenvalue weighted by Gasteiger charge is 2.20. The third-order valence-electron chi connectivity index (χ3n) is 3.66. The Balaban J connectivity index is 1.77. The van der Waals surface area contributed by atoms with Crippen LogP contribution in [-0.2, 0) is 0 Å². The lowest BCUT2D eigenvalue weighted by Gasteiger charge is -2.31. The van der Waals surface area contributed by atoms with Gasteiger partial charge in [-0.05, 0) is 19.1 Å². The van der Waals surface area contributed by atoms with Crippen LogP contribution in [0.2, 0.25) is 0 Å². The summed E-state index contributed by atoms with van der Waals surface area (Å²) in [6.45, 7) is 6.44. The van der Waals surface area contributed by atoms with Crippen LogP contribution >= 0.6 is 0 Å². The van der Waals surface area contributed by atoms with E-state index in [9.17, 15) is 0 Å². The molecule has 1 saturated heterocycles. The van der Waals surface area contributed by atoms with Gasteiger partial charge in [0.05, 0.1) is 23.6 Å². The first-order chi connectivity index (χ1) is 9.34. The number of hydrogen-bond donors (Lipinski definition) is 1. The summed E-state index contributed by atoms with van der Waals surface area (Å²) in [7, 11) is 0. The normalized spacial score (nSPS) is 18.4. The number of nitrogens with one attached hydrogen (secondary N) is 1. The highest BCUT2D eigenvalue weighted by Crippen LogP contribution is 2.18. The first-order valence-corrected chi connectivity index (χ1v) is 6.77. The molecule has 5 heteroatoms. The maximum atomic E-state index is 4.32. The number of nitrogens with zero attached hydrogens (tertiary/aromatic N) is 4. The summed E-state index contributed by atoms with van der Waals surface area (Å²) in [6.07, 6.45) is 2.03. The van der Waals surface area contributed by atoms with Gasteiger partial charge in [0.15, 0.2) is 0 Å². The first kappa shape index (κ1) is 12.3. The van der Waals surface area contributed by atoms with Crippen molar-refractivity contribution in [1.82, 2.24) is 25.2 Å². The lowest BCUT2D eigenvalue weighted by molar-refractivity contribution is 0.182. The summed E-state index contributed by atoms with van der Waals surface area (Å²) >= 11 is 0. The Morgan fingerprint density at radius 3 is 2.63 bits per heavy atom. The molecule has 1 aromatic carbocycles. The van der Waals surface area contributed by atoms with Crippen molar-refractivity contribution in [3.05, 3.63) is 42.2 Å². The fourth-order valence-electron chi connectivity index (χ4n) is 2.43. The Hall–Kier alpha value is -1.72. The molecule has 100 valence electrons. The first-order valence-electron chi connectivity index (χ1n) is 6.77. The van der Waals surface area contributed by atoms with E-state index < -0.39 is 0 Å². The average molecular weight is 257 g/mol. The monoisotopic (exact) mass is 257 g/mol. The van der Waals surface area contributed by atoms with Crippen LogP contribution in [0.25, 0.3) is 5.69 Å². The molecule has 1 aliphatic rings. The van der Waals surface area contributed by atoms with E-state index in [1.165, 1.54) is 0 Å². The van der Waals surface area contributed by atoms with Gasteiger partial charge in [-0.3, -0.25) is 4.90 Å². The molecule has 19 heavy (non-hydrogen) atoms. The zero-order valence-corrected chi connectivity index (χ0v) is 11.2. The van der Waals surface area contributed by atoms with Crippen LogP contribution in [0.5, 0.6) is 0 Å². The van der Waals surface area contributed by atoms with Crippen molar-refractivity contribution in [2.75, 3.05) is 26.2 Å². The van der Waals surface area contributed by atoms with Crippen molar-refractivity contribution in [3.63, 3.8) is 0 Å². The second kappa shape index (κ2) is 5.50. The molecule has 1 unspecified atom stereocenters. The molecular formula is C14H19N5. The second-order valence-electron chi connectivity index (χ2n) is 4.89. The third kappa shape index (κ3) is 2.67. The van der Waals surface area contributed by atoms with Crippen LogP contribution in [0.3, 0.4) is 0 Å². The molecule has 0 bridgehead atoms. The SMILES string of the molecule is CC(c1cn(-c2ccccc2)nn1)N1CCNCC1. The van der Waals surface area contributed by atoms with Crippen molar-refractivity contribution in [2.45, 2.75) is 13.0 Å². The van der Waals surface area contributed by atoms with Crippen molar-refractivity contribution in [3.8, 4) is 5.69 Å². The van der Waals surface area contributed by atoms with Gasteiger partial charge in [0.1, 0.15) is 0 Å². The van der Waals surface area contributed by atoms with Gasteiger partial charge in [-0.15, -0.1) is 5.10 Å². The van der Waals surface area contributed by atoms with Gasteiger partial charge in [-0.25, -0.2) is 4.68 Å². The molecule has 0 amide bonds. The zero-order chi connectivity index (χ0) is 13.1. The summed E-state index contributed by atoms with van der Waals surface area (Å²) in [5, 5.41) is 11.9. The Labute approximate surface area is 113 Å². The Kier molecular flexibility index (Phi) is 3.57. The highest BCUT2D eigenvalue weighted by atomic mass is 15.4. The van der Waals surface area contributed by atoms with Crippen LogP contribution in [0.4, 0.5) is 0 Å². The molecule has 1 fully saturated rings. The number of piperazine rings is 1. The summed E-state index contributed by atoms with van der Waals surface area (Å²) in [5.74, 6) is 0. The maximum absolute atomic E-state index is 4.32. The van der Waals surface area contributed by atoms with Crippen LogP contribution < -0.4 is 5.32 Å². The van der Waals surface area contributed by atoms with Gasteiger partial charge in [0.25, 0.3) is 0 Å². The molecule has 0 radical (unpaired) electrons. The molecule has 2 heterocycles. The molecule has 1 aromatic heterocycles. The van der Waals surface area contributed by atoms with E-state index in [2.05, 4.69) is 27.5 Å². The van der Waals surface area contributed by atoms with Crippen molar-refractivity contribution >= 4 is 0 Å². The van der Waals surface area contributed by atoms with Gasteiger partial charge >= 0.3 is 0 Å². The predicted molar refractivity (Wildman–Crippen MR) is 74.2 cm³/mol. The van der Waals surface area contributed by atoms with E-state index in [4.69, 9.17) is 0 Å². The van der Waals surface area contributed by atoms with Gasteiger partial charge in [-0.1, -0.05) is 23.4 Å². The number of benzene rings is 1. The van der Waals surface area contributed by atoms with E-state index in [1.807, 2.05) is 41.2 Å². The lowest BCUT2D eigenvalue weighted by atomic mass is 10.2. The van der Waals surface area contributed by atoms with Crippen molar-refractivity contribution in [1.29, 1.82) is 0 Å². The summed E-state index contributed by atoms with van der Waals surface area (Å²) < 4.78 is 1.84. The molecule has 5 nitrogen and oxygen atoms in total. The molecule has 1 N–H and O–H groups in total. The van der Waals surface area contributed by atoms with Crippen LogP contribution in [0.1, 0.15) is 18.7 Å². The quantitative estimate of drug-likeness (QED) is 0.898. The Bertz CT molecular complexity index is 516. The van der Waals surface area contributed by atoms with E-state index in [1.54, 1.807) is 0 Å². The van der Waals surface area contributed by atoms with Gasteiger partial charge in [0, 0.05) is 26.2 Å². The minimum Gasteiger partial charge on any atom is -0.314 e. The van der Waals surface area contributed by atoms with Crippen LogP contribution in [-0.4, -0.2) is 46.1 Å². The maximum Gasteiger partial charge on any atom is 0.1000 e. The molecule has 0 spiro atoms. The topological polar surface area (TPSA) is 46.0 Å². The zero-order valence-electron chi connectivity index (χ0n) is 11.2. The molecule has 1 aliphatic heterocycles. The molecular weight excluding hydrogens is 238 g/mol. The summed E-state index contributed by atoms with van der Waals surface area (Å²) in [6, 6.07) is 10.4. The smallest absolute Gasteiger partial charge is 0.1000 e. The predicted octanol–water partition coefficient (Wildman–Crippen LogP) is 1.23. The molecule has 1 atom stereocenters. The number of para-hydroxylation sites is 1. The molecule has 2 aromatic rings. The molecule has 3 rings (SSSR count). The van der Waals surface area contributed by atoms with E-state index in [0.717, 1.165) is 37.6 Å². The number of rotatable bonds is 3. The third-order valence-corrected chi connectivity index (χ3v) is 3.66. The largest absolute Gasteiger partial charge is 0.314 e. The fraction of sp³-hybridized carbons (Fsp3) is 0.429. The minimum absolute atomic E-state index is 0.319.